The first-order chi connectivity index (χ1) is 9.88. The zero-order chi connectivity index (χ0) is 13.8. The highest BCUT2D eigenvalue weighted by molar-refractivity contribution is 7.13. The lowest BCUT2D eigenvalue weighted by Crippen LogP contribution is -2.31. The molecule has 0 N–H and O–H groups in total. The molecule has 2 aromatic rings. The van der Waals surface area contributed by atoms with Crippen molar-refractivity contribution in [2.24, 2.45) is 0 Å². The van der Waals surface area contributed by atoms with Crippen molar-refractivity contribution in [1.82, 2.24) is 15.0 Å². The smallest absolute Gasteiger partial charge is 0.185 e. The van der Waals surface area contributed by atoms with Gasteiger partial charge in [0.1, 0.15) is 6.07 Å². The SMILES string of the molecule is N#Cc1nccnc1N1CCCN(c2nccs2)CC1. The largest absolute Gasteiger partial charge is 0.352 e. The lowest BCUT2D eigenvalue weighted by atomic mass is 10.3. The number of nitrogens with zero attached hydrogens (tertiary/aromatic N) is 6. The zero-order valence-electron chi connectivity index (χ0n) is 10.9. The first kappa shape index (κ1) is 12.8. The van der Waals surface area contributed by atoms with Gasteiger partial charge in [0.15, 0.2) is 16.6 Å². The highest BCUT2D eigenvalue weighted by Crippen LogP contribution is 2.21. The van der Waals surface area contributed by atoms with Crippen LogP contribution in [0.25, 0.3) is 0 Å². The summed E-state index contributed by atoms with van der Waals surface area (Å²) < 4.78 is 0. The lowest BCUT2D eigenvalue weighted by molar-refractivity contribution is 0.792. The Hall–Kier alpha value is -2.20. The molecule has 1 aliphatic heterocycles. The summed E-state index contributed by atoms with van der Waals surface area (Å²) in [5.41, 5.74) is 0.398. The van der Waals surface area contributed by atoms with Crippen LogP contribution in [0.5, 0.6) is 0 Å². The van der Waals surface area contributed by atoms with Crippen LogP contribution in [-0.4, -0.2) is 41.1 Å². The fraction of sp³-hybridized carbons (Fsp3) is 0.385. The highest BCUT2D eigenvalue weighted by Gasteiger charge is 2.19. The number of aromatic nitrogens is 3. The first-order valence-electron chi connectivity index (χ1n) is 6.49. The second kappa shape index (κ2) is 5.84. The predicted molar refractivity (Wildman–Crippen MR) is 77.9 cm³/mol. The molecule has 0 radical (unpaired) electrons. The van der Waals surface area contributed by atoms with Gasteiger partial charge in [-0.2, -0.15) is 5.26 Å². The summed E-state index contributed by atoms with van der Waals surface area (Å²) in [6.07, 6.45) is 6.04. The van der Waals surface area contributed by atoms with Gasteiger partial charge in [-0.1, -0.05) is 0 Å². The van der Waals surface area contributed by atoms with Gasteiger partial charge < -0.3 is 9.80 Å². The molecule has 7 heteroatoms. The van der Waals surface area contributed by atoms with Crippen LogP contribution < -0.4 is 9.80 Å². The molecule has 1 aliphatic rings. The fourth-order valence-electron chi connectivity index (χ4n) is 2.33. The van der Waals surface area contributed by atoms with E-state index in [-0.39, 0.29) is 0 Å². The summed E-state index contributed by atoms with van der Waals surface area (Å²) in [5, 5.41) is 12.2. The van der Waals surface area contributed by atoms with Crippen molar-refractivity contribution in [3.63, 3.8) is 0 Å². The molecular formula is C13H14N6S. The van der Waals surface area contributed by atoms with Gasteiger partial charge in [-0.05, 0) is 6.42 Å². The topological polar surface area (TPSA) is 68.9 Å². The van der Waals surface area contributed by atoms with Gasteiger partial charge in [0, 0.05) is 50.1 Å². The number of hydrogen-bond donors (Lipinski definition) is 0. The molecule has 0 unspecified atom stereocenters. The van der Waals surface area contributed by atoms with Gasteiger partial charge in [0.2, 0.25) is 0 Å². The first-order valence-corrected chi connectivity index (χ1v) is 7.37. The summed E-state index contributed by atoms with van der Waals surface area (Å²) >= 11 is 1.66. The van der Waals surface area contributed by atoms with Crippen molar-refractivity contribution in [2.75, 3.05) is 36.0 Å². The molecule has 1 fully saturated rings. The number of hydrogen-bond acceptors (Lipinski definition) is 7. The molecule has 1 saturated heterocycles. The molecule has 0 aromatic carbocycles. The number of anilines is 2. The van der Waals surface area contributed by atoms with Crippen molar-refractivity contribution in [3.05, 3.63) is 29.7 Å². The minimum Gasteiger partial charge on any atom is -0.352 e. The average Bonchev–Trinajstić information content (AvgIpc) is 2.92. The van der Waals surface area contributed by atoms with Crippen molar-refractivity contribution in [2.45, 2.75) is 6.42 Å². The normalized spacial score (nSPS) is 15.8. The van der Waals surface area contributed by atoms with E-state index >= 15 is 0 Å². The maximum absolute atomic E-state index is 9.12. The van der Waals surface area contributed by atoms with E-state index in [1.807, 2.05) is 11.6 Å². The highest BCUT2D eigenvalue weighted by atomic mass is 32.1. The molecule has 102 valence electrons. The van der Waals surface area contributed by atoms with E-state index in [9.17, 15) is 0 Å². The molecule has 0 amide bonds. The van der Waals surface area contributed by atoms with E-state index in [0.29, 0.717) is 11.5 Å². The second-order valence-electron chi connectivity index (χ2n) is 4.48. The van der Waals surface area contributed by atoms with E-state index in [2.05, 4.69) is 30.8 Å². The van der Waals surface area contributed by atoms with Crippen LogP contribution >= 0.6 is 11.3 Å². The molecule has 0 bridgehead atoms. The maximum atomic E-state index is 9.12. The summed E-state index contributed by atoms with van der Waals surface area (Å²) in [6, 6.07) is 2.11. The van der Waals surface area contributed by atoms with E-state index in [0.717, 1.165) is 37.7 Å². The van der Waals surface area contributed by atoms with Crippen LogP contribution in [-0.2, 0) is 0 Å². The van der Waals surface area contributed by atoms with E-state index in [4.69, 9.17) is 5.26 Å². The molecule has 20 heavy (non-hydrogen) atoms. The Bertz CT molecular complexity index is 606. The Balaban J connectivity index is 1.76. The molecule has 0 atom stereocenters. The van der Waals surface area contributed by atoms with Crippen molar-refractivity contribution >= 4 is 22.3 Å². The van der Waals surface area contributed by atoms with Gasteiger partial charge in [-0.15, -0.1) is 11.3 Å². The number of rotatable bonds is 2. The number of thiazole rings is 1. The molecular weight excluding hydrogens is 272 g/mol. The molecule has 3 rings (SSSR count). The minimum absolute atomic E-state index is 0.398. The minimum atomic E-state index is 0.398. The predicted octanol–water partition coefficient (Wildman–Crippen LogP) is 1.52. The van der Waals surface area contributed by atoms with Gasteiger partial charge in [0.25, 0.3) is 0 Å². The summed E-state index contributed by atoms with van der Waals surface area (Å²) in [6.45, 7) is 3.57. The monoisotopic (exact) mass is 286 g/mol. The quantitative estimate of drug-likeness (QED) is 0.833. The fourth-order valence-corrected chi connectivity index (χ4v) is 3.03. The van der Waals surface area contributed by atoms with Crippen molar-refractivity contribution in [3.8, 4) is 6.07 Å². The van der Waals surface area contributed by atoms with Gasteiger partial charge in [-0.3, -0.25) is 0 Å². The third-order valence-corrected chi connectivity index (χ3v) is 4.10. The Kier molecular flexibility index (Phi) is 3.74. The summed E-state index contributed by atoms with van der Waals surface area (Å²) in [5.74, 6) is 0.691. The lowest BCUT2D eigenvalue weighted by Gasteiger charge is -2.22. The van der Waals surface area contributed by atoms with Crippen LogP contribution in [0.3, 0.4) is 0 Å². The Labute approximate surface area is 121 Å². The van der Waals surface area contributed by atoms with Gasteiger partial charge in [0.05, 0.1) is 0 Å². The third-order valence-electron chi connectivity index (χ3n) is 3.27. The van der Waals surface area contributed by atoms with Crippen LogP contribution in [0.1, 0.15) is 12.1 Å². The third kappa shape index (κ3) is 2.56. The average molecular weight is 286 g/mol. The molecule has 0 spiro atoms. The standard InChI is InChI=1S/C13H14N6S/c14-10-11-12(16-3-2-15-11)18-5-1-6-19(8-7-18)13-17-4-9-20-13/h2-4,9H,1,5-8H2. The summed E-state index contributed by atoms with van der Waals surface area (Å²) in [7, 11) is 0. The van der Waals surface area contributed by atoms with E-state index < -0.39 is 0 Å². The summed E-state index contributed by atoms with van der Waals surface area (Å²) in [4.78, 5) is 17.2. The van der Waals surface area contributed by atoms with Crippen LogP contribution in [0, 0.1) is 11.3 Å². The zero-order valence-corrected chi connectivity index (χ0v) is 11.8. The van der Waals surface area contributed by atoms with Gasteiger partial charge in [-0.25, -0.2) is 15.0 Å². The molecule has 0 aliphatic carbocycles. The molecule has 6 nitrogen and oxygen atoms in total. The Morgan fingerprint density at radius 1 is 1.00 bits per heavy atom. The van der Waals surface area contributed by atoms with E-state index in [1.54, 1.807) is 23.7 Å². The van der Waals surface area contributed by atoms with Crippen molar-refractivity contribution < 1.29 is 0 Å². The molecule has 2 aromatic heterocycles. The molecule has 3 heterocycles. The Morgan fingerprint density at radius 2 is 1.80 bits per heavy atom. The van der Waals surface area contributed by atoms with E-state index in [1.165, 1.54) is 0 Å². The van der Waals surface area contributed by atoms with Crippen LogP contribution in [0.4, 0.5) is 10.9 Å². The number of nitriles is 1. The molecule has 0 saturated carbocycles. The van der Waals surface area contributed by atoms with Crippen LogP contribution in [0.2, 0.25) is 0 Å². The maximum Gasteiger partial charge on any atom is 0.185 e. The Morgan fingerprint density at radius 3 is 2.60 bits per heavy atom. The second-order valence-corrected chi connectivity index (χ2v) is 5.36. The van der Waals surface area contributed by atoms with Gasteiger partial charge >= 0.3 is 0 Å². The van der Waals surface area contributed by atoms with Crippen LogP contribution in [0.15, 0.2) is 24.0 Å². The van der Waals surface area contributed by atoms with Crippen molar-refractivity contribution in [1.29, 1.82) is 5.26 Å².